The largest absolute Gasteiger partial charge is 0.506 e. The average molecular weight is 214 g/mol. The highest BCUT2D eigenvalue weighted by Crippen LogP contribution is 2.20. The summed E-state index contributed by atoms with van der Waals surface area (Å²) >= 11 is 0. The van der Waals surface area contributed by atoms with Gasteiger partial charge in [-0.3, -0.25) is 4.79 Å². The van der Waals surface area contributed by atoms with Gasteiger partial charge in [-0.2, -0.15) is 0 Å². The molecule has 0 aromatic rings. The van der Waals surface area contributed by atoms with E-state index in [-0.39, 0.29) is 0 Å². The second-order valence-corrected chi connectivity index (χ2v) is 3.54. The van der Waals surface area contributed by atoms with Crippen LogP contribution in [0.4, 0.5) is 4.79 Å². The Hall–Kier alpha value is -1.52. The van der Waals surface area contributed by atoms with Crippen LogP contribution in [0.3, 0.4) is 0 Å². The van der Waals surface area contributed by atoms with Crippen LogP contribution in [0, 0.1) is 5.92 Å². The summed E-state index contributed by atoms with van der Waals surface area (Å²) in [6.45, 7) is 0. The Labute approximate surface area is 87.4 Å². The van der Waals surface area contributed by atoms with Crippen LogP contribution in [0.5, 0.6) is 0 Å². The minimum Gasteiger partial charge on any atom is -0.481 e. The van der Waals surface area contributed by atoms with Crippen molar-refractivity contribution in [3.63, 3.8) is 0 Å². The Bertz CT molecular complexity index is 271. The van der Waals surface area contributed by atoms with Gasteiger partial charge in [0.2, 0.25) is 0 Å². The minimum absolute atomic E-state index is 0.394. The Morgan fingerprint density at radius 3 is 2.53 bits per heavy atom. The van der Waals surface area contributed by atoms with Crippen LogP contribution in [0.2, 0.25) is 0 Å². The fraction of sp³-hybridized carbons (Fsp3) is 0.600. The molecule has 1 aliphatic rings. The maximum absolute atomic E-state index is 10.8. The third kappa shape index (κ3) is 4.01. The number of hydrogen-bond acceptors (Lipinski definition) is 3. The van der Waals surface area contributed by atoms with Crippen LogP contribution in [-0.2, 0) is 9.53 Å². The molecule has 0 radical (unpaired) electrons. The van der Waals surface area contributed by atoms with Gasteiger partial charge in [-0.1, -0.05) is 6.08 Å². The summed E-state index contributed by atoms with van der Waals surface area (Å²) in [5.74, 6) is -1.21. The van der Waals surface area contributed by atoms with E-state index in [1.165, 1.54) is 0 Å². The van der Waals surface area contributed by atoms with E-state index in [1.54, 1.807) is 12.2 Å². The van der Waals surface area contributed by atoms with Crippen LogP contribution < -0.4 is 0 Å². The molecule has 0 fully saturated rings. The first kappa shape index (κ1) is 11.6. The number of carboxylic acid groups (broad SMARTS) is 2. The van der Waals surface area contributed by atoms with Gasteiger partial charge < -0.3 is 14.9 Å². The second-order valence-electron chi connectivity index (χ2n) is 3.54. The smallest absolute Gasteiger partial charge is 0.481 e. The fourth-order valence-corrected chi connectivity index (χ4v) is 1.63. The van der Waals surface area contributed by atoms with Crippen molar-refractivity contribution < 1.29 is 24.5 Å². The summed E-state index contributed by atoms with van der Waals surface area (Å²) in [7, 11) is 0. The van der Waals surface area contributed by atoms with Gasteiger partial charge in [0.25, 0.3) is 0 Å². The molecule has 84 valence electrons. The third-order valence-corrected chi connectivity index (χ3v) is 2.43. The zero-order valence-electron chi connectivity index (χ0n) is 8.26. The standard InChI is InChI=1S/C10H14O5/c11-9(12)7-3-1-2-4-8(6-5-7)15-10(13)14/h2,4,7-8H,1,3,5-6H2,(H,11,12)(H,13,14). The molecule has 0 amide bonds. The summed E-state index contributed by atoms with van der Waals surface area (Å²) < 4.78 is 4.59. The highest BCUT2D eigenvalue weighted by atomic mass is 16.7. The number of rotatable bonds is 2. The van der Waals surface area contributed by atoms with Crippen molar-refractivity contribution in [2.75, 3.05) is 0 Å². The monoisotopic (exact) mass is 214 g/mol. The predicted octanol–water partition coefficient (Wildman–Crippen LogP) is 1.88. The fourth-order valence-electron chi connectivity index (χ4n) is 1.63. The molecule has 0 bridgehead atoms. The summed E-state index contributed by atoms with van der Waals surface area (Å²) in [5, 5.41) is 17.3. The molecule has 1 aliphatic carbocycles. The van der Waals surface area contributed by atoms with Crippen molar-refractivity contribution in [3.8, 4) is 0 Å². The molecule has 0 aromatic carbocycles. The van der Waals surface area contributed by atoms with E-state index in [0.29, 0.717) is 25.7 Å². The molecular weight excluding hydrogens is 200 g/mol. The topological polar surface area (TPSA) is 83.8 Å². The molecule has 1 rings (SSSR count). The molecule has 2 unspecified atom stereocenters. The van der Waals surface area contributed by atoms with Gasteiger partial charge in [-0.15, -0.1) is 0 Å². The molecule has 2 N–H and O–H groups in total. The quantitative estimate of drug-likeness (QED) is 0.541. The van der Waals surface area contributed by atoms with Crippen LogP contribution in [-0.4, -0.2) is 28.4 Å². The van der Waals surface area contributed by atoms with Crippen molar-refractivity contribution in [3.05, 3.63) is 12.2 Å². The summed E-state index contributed by atoms with van der Waals surface area (Å²) in [6, 6.07) is 0. The van der Waals surface area contributed by atoms with Crippen molar-refractivity contribution >= 4 is 12.1 Å². The van der Waals surface area contributed by atoms with E-state index in [4.69, 9.17) is 10.2 Å². The maximum atomic E-state index is 10.8. The zero-order chi connectivity index (χ0) is 11.3. The minimum atomic E-state index is -1.32. The van der Waals surface area contributed by atoms with Crippen LogP contribution in [0.15, 0.2) is 12.2 Å². The second kappa shape index (κ2) is 5.38. The number of aliphatic carboxylic acids is 1. The van der Waals surface area contributed by atoms with Gasteiger partial charge in [0, 0.05) is 0 Å². The molecule has 2 atom stereocenters. The number of hydrogen-bond donors (Lipinski definition) is 2. The first-order chi connectivity index (χ1) is 7.09. The molecule has 0 saturated carbocycles. The summed E-state index contributed by atoms with van der Waals surface area (Å²) in [5.41, 5.74) is 0. The number of carbonyl (C=O) groups is 2. The van der Waals surface area contributed by atoms with Crippen molar-refractivity contribution in [1.82, 2.24) is 0 Å². The van der Waals surface area contributed by atoms with Gasteiger partial charge in [-0.25, -0.2) is 4.79 Å². The lowest BCUT2D eigenvalue weighted by molar-refractivity contribution is -0.142. The van der Waals surface area contributed by atoms with E-state index < -0.39 is 24.1 Å². The lowest BCUT2D eigenvalue weighted by Gasteiger charge is -2.18. The van der Waals surface area contributed by atoms with E-state index in [1.807, 2.05) is 0 Å². The molecule has 5 heteroatoms. The first-order valence-corrected chi connectivity index (χ1v) is 4.88. The van der Waals surface area contributed by atoms with E-state index in [0.717, 1.165) is 0 Å². The van der Waals surface area contributed by atoms with Crippen molar-refractivity contribution in [2.24, 2.45) is 5.92 Å². The molecule has 5 nitrogen and oxygen atoms in total. The molecule has 0 spiro atoms. The van der Waals surface area contributed by atoms with Gasteiger partial charge >= 0.3 is 12.1 Å². The molecule has 0 aromatic heterocycles. The summed E-state index contributed by atoms with van der Waals surface area (Å²) in [4.78, 5) is 21.1. The molecule has 0 heterocycles. The SMILES string of the molecule is O=C(O)OC1C=CCCC(C(=O)O)CC1. The zero-order valence-corrected chi connectivity index (χ0v) is 8.26. The molecular formula is C10H14O5. The third-order valence-electron chi connectivity index (χ3n) is 2.43. The van der Waals surface area contributed by atoms with Crippen LogP contribution >= 0.6 is 0 Å². The van der Waals surface area contributed by atoms with E-state index >= 15 is 0 Å². The normalized spacial score (nSPS) is 26.4. The predicted molar refractivity (Wildman–Crippen MR) is 51.6 cm³/mol. The average Bonchev–Trinajstić information content (AvgIpc) is 2.08. The molecule has 15 heavy (non-hydrogen) atoms. The van der Waals surface area contributed by atoms with E-state index in [9.17, 15) is 9.59 Å². The van der Waals surface area contributed by atoms with Crippen LogP contribution in [0.25, 0.3) is 0 Å². The van der Waals surface area contributed by atoms with Gasteiger partial charge in [-0.05, 0) is 31.8 Å². The number of carboxylic acids is 1. The van der Waals surface area contributed by atoms with Crippen molar-refractivity contribution in [1.29, 1.82) is 0 Å². The number of allylic oxidation sites excluding steroid dienone is 1. The molecule has 0 aliphatic heterocycles. The number of ether oxygens (including phenoxy) is 1. The highest BCUT2D eigenvalue weighted by molar-refractivity contribution is 5.69. The lowest BCUT2D eigenvalue weighted by Crippen LogP contribution is -2.21. The molecule has 0 saturated heterocycles. The Kier molecular flexibility index (Phi) is 4.15. The Morgan fingerprint density at radius 1 is 1.20 bits per heavy atom. The highest BCUT2D eigenvalue weighted by Gasteiger charge is 2.21. The van der Waals surface area contributed by atoms with Gasteiger partial charge in [0.1, 0.15) is 6.10 Å². The van der Waals surface area contributed by atoms with Gasteiger partial charge in [0.05, 0.1) is 5.92 Å². The lowest BCUT2D eigenvalue weighted by atomic mass is 9.93. The van der Waals surface area contributed by atoms with Gasteiger partial charge in [0.15, 0.2) is 0 Å². The van der Waals surface area contributed by atoms with Crippen LogP contribution in [0.1, 0.15) is 25.7 Å². The van der Waals surface area contributed by atoms with E-state index in [2.05, 4.69) is 4.74 Å². The Balaban J connectivity index is 2.53. The first-order valence-electron chi connectivity index (χ1n) is 4.88. The maximum Gasteiger partial charge on any atom is 0.506 e. The summed E-state index contributed by atoms with van der Waals surface area (Å²) in [6.07, 6.45) is 3.77. The van der Waals surface area contributed by atoms with Crippen molar-refractivity contribution in [2.45, 2.75) is 31.8 Å². The Morgan fingerprint density at radius 2 is 1.93 bits per heavy atom.